The highest BCUT2D eigenvalue weighted by Gasteiger charge is 1.99. The van der Waals surface area contributed by atoms with Crippen LogP contribution in [0.5, 0.6) is 5.75 Å². The zero-order valence-corrected chi connectivity index (χ0v) is 17.5. The number of carbonyl (C=O) groups is 1. The summed E-state index contributed by atoms with van der Waals surface area (Å²) in [6, 6.07) is 6.31. The Kier molecular flexibility index (Phi) is 15.5. The van der Waals surface area contributed by atoms with E-state index in [1.807, 2.05) is 19.1 Å². The SMILES string of the molecule is CCCCCCC.CCOc1ccc(CC/C=C/C=C/C(C)=O)cc1C. The van der Waals surface area contributed by atoms with Crippen molar-refractivity contribution in [2.24, 2.45) is 0 Å². The molecule has 0 spiro atoms. The second kappa shape index (κ2) is 16.6. The van der Waals surface area contributed by atoms with Crippen LogP contribution >= 0.6 is 0 Å². The third-order valence-electron chi connectivity index (χ3n) is 3.92. The predicted molar refractivity (Wildman–Crippen MR) is 114 cm³/mol. The van der Waals surface area contributed by atoms with E-state index < -0.39 is 0 Å². The second-order valence-corrected chi connectivity index (χ2v) is 6.53. The number of unbranched alkanes of at least 4 members (excludes halogenated alkanes) is 4. The lowest BCUT2D eigenvalue weighted by molar-refractivity contribution is -0.112. The highest BCUT2D eigenvalue weighted by Crippen LogP contribution is 2.19. The smallest absolute Gasteiger partial charge is 0.152 e. The maximum atomic E-state index is 10.7. The molecule has 0 heterocycles. The van der Waals surface area contributed by atoms with E-state index in [0.29, 0.717) is 6.61 Å². The van der Waals surface area contributed by atoms with Gasteiger partial charge < -0.3 is 4.74 Å². The van der Waals surface area contributed by atoms with Crippen LogP contribution in [0, 0.1) is 6.92 Å². The largest absolute Gasteiger partial charge is 0.494 e. The molecular formula is C24H38O2. The molecule has 0 aliphatic heterocycles. The Morgan fingerprint density at radius 1 is 1.04 bits per heavy atom. The Morgan fingerprint density at radius 2 is 1.73 bits per heavy atom. The number of rotatable bonds is 11. The van der Waals surface area contributed by atoms with Crippen molar-refractivity contribution < 1.29 is 9.53 Å². The first-order valence-corrected chi connectivity index (χ1v) is 10.1. The Bertz CT molecular complexity index is 537. The van der Waals surface area contributed by atoms with Crippen molar-refractivity contribution in [3.05, 3.63) is 53.6 Å². The Morgan fingerprint density at radius 3 is 2.27 bits per heavy atom. The Hall–Kier alpha value is -1.83. The molecular weight excluding hydrogens is 320 g/mol. The average molecular weight is 359 g/mol. The van der Waals surface area contributed by atoms with Crippen LogP contribution < -0.4 is 4.74 Å². The zero-order valence-electron chi connectivity index (χ0n) is 17.5. The Labute approximate surface area is 161 Å². The molecule has 0 aliphatic carbocycles. The molecule has 0 fully saturated rings. The highest BCUT2D eigenvalue weighted by molar-refractivity contribution is 5.87. The van der Waals surface area contributed by atoms with Gasteiger partial charge in [0.1, 0.15) is 5.75 Å². The second-order valence-electron chi connectivity index (χ2n) is 6.53. The van der Waals surface area contributed by atoms with Gasteiger partial charge in [0.25, 0.3) is 0 Å². The van der Waals surface area contributed by atoms with Gasteiger partial charge in [-0.05, 0) is 56.9 Å². The fourth-order valence-corrected chi connectivity index (χ4v) is 2.48. The van der Waals surface area contributed by atoms with Gasteiger partial charge >= 0.3 is 0 Å². The summed E-state index contributed by atoms with van der Waals surface area (Å²) in [5.41, 5.74) is 2.49. The van der Waals surface area contributed by atoms with Crippen LogP contribution in [0.1, 0.15) is 77.3 Å². The fourth-order valence-electron chi connectivity index (χ4n) is 2.48. The summed E-state index contributed by atoms with van der Waals surface area (Å²) in [5.74, 6) is 1.04. The van der Waals surface area contributed by atoms with Crippen molar-refractivity contribution in [1.82, 2.24) is 0 Å². The van der Waals surface area contributed by atoms with Crippen LogP contribution in [-0.4, -0.2) is 12.4 Å². The third-order valence-corrected chi connectivity index (χ3v) is 3.92. The van der Waals surface area contributed by atoms with Crippen LogP contribution in [0.15, 0.2) is 42.5 Å². The maximum absolute atomic E-state index is 10.7. The molecule has 2 heteroatoms. The predicted octanol–water partition coefficient (Wildman–Crippen LogP) is 7.00. The molecule has 146 valence electrons. The van der Waals surface area contributed by atoms with Gasteiger partial charge in [0, 0.05) is 0 Å². The first kappa shape index (κ1) is 24.2. The van der Waals surface area contributed by atoms with E-state index in [4.69, 9.17) is 4.74 Å². The van der Waals surface area contributed by atoms with Gasteiger partial charge in [0.15, 0.2) is 5.78 Å². The van der Waals surface area contributed by atoms with Crippen LogP contribution in [-0.2, 0) is 11.2 Å². The van der Waals surface area contributed by atoms with Crippen molar-refractivity contribution in [1.29, 1.82) is 0 Å². The van der Waals surface area contributed by atoms with Gasteiger partial charge in [0.05, 0.1) is 6.61 Å². The summed E-state index contributed by atoms with van der Waals surface area (Å²) in [6.07, 6.45) is 16.3. The van der Waals surface area contributed by atoms with E-state index in [1.165, 1.54) is 43.2 Å². The number of ketones is 1. The number of aryl methyl sites for hydroxylation is 2. The Balaban J connectivity index is 0.000000758. The quantitative estimate of drug-likeness (QED) is 0.242. The summed E-state index contributed by atoms with van der Waals surface area (Å²) in [4.78, 5) is 10.7. The summed E-state index contributed by atoms with van der Waals surface area (Å²) in [7, 11) is 0. The van der Waals surface area contributed by atoms with E-state index in [0.717, 1.165) is 18.6 Å². The number of hydrogen-bond donors (Lipinski definition) is 0. The van der Waals surface area contributed by atoms with Gasteiger partial charge in [-0.25, -0.2) is 0 Å². The number of ether oxygens (including phenoxy) is 1. The monoisotopic (exact) mass is 358 g/mol. The van der Waals surface area contributed by atoms with Crippen molar-refractivity contribution in [3.8, 4) is 5.75 Å². The summed E-state index contributed by atoms with van der Waals surface area (Å²) < 4.78 is 5.52. The molecule has 0 amide bonds. The van der Waals surface area contributed by atoms with E-state index in [1.54, 1.807) is 19.1 Å². The third kappa shape index (κ3) is 13.5. The van der Waals surface area contributed by atoms with Gasteiger partial charge in [-0.15, -0.1) is 0 Å². The molecule has 0 aliphatic rings. The molecule has 0 saturated heterocycles. The fraction of sp³-hybridized carbons (Fsp3) is 0.542. The van der Waals surface area contributed by atoms with Gasteiger partial charge in [-0.1, -0.05) is 76.3 Å². The zero-order chi connectivity index (χ0) is 19.6. The van der Waals surface area contributed by atoms with Gasteiger partial charge in [0.2, 0.25) is 0 Å². The van der Waals surface area contributed by atoms with Crippen LogP contribution in [0.4, 0.5) is 0 Å². The standard InChI is InChI=1S/C17H22O2.C7H16/c1-4-19-17-12-11-16(13-14(17)2)10-8-6-5-7-9-15(3)18;1-3-5-7-6-4-2/h5-7,9,11-13H,4,8,10H2,1-3H3;3-7H2,1-2H3/b6-5+,9-7+;. The molecule has 0 radical (unpaired) electrons. The van der Waals surface area contributed by atoms with Gasteiger partial charge in [-0.2, -0.15) is 0 Å². The topological polar surface area (TPSA) is 26.3 Å². The van der Waals surface area contributed by atoms with Crippen LogP contribution in [0.2, 0.25) is 0 Å². The van der Waals surface area contributed by atoms with Crippen molar-refractivity contribution in [2.75, 3.05) is 6.61 Å². The first-order chi connectivity index (χ1) is 12.5. The molecule has 0 saturated carbocycles. The van der Waals surface area contributed by atoms with E-state index in [2.05, 4.69) is 39.0 Å². The lowest BCUT2D eigenvalue weighted by Gasteiger charge is -2.08. The lowest BCUT2D eigenvalue weighted by Crippen LogP contribution is -1.95. The molecule has 1 aromatic rings. The molecule has 2 nitrogen and oxygen atoms in total. The molecule has 1 rings (SSSR count). The summed E-state index contributed by atoms with van der Waals surface area (Å²) >= 11 is 0. The summed E-state index contributed by atoms with van der Waals surface area (Å²) in [6.45, 7) is 10.8. The van der Waals surface area contributed by atoms with Crippen LogP contribution in [0.3, 0.4) is 0 Å². The molecule has 26 heavy (non-hydrogen) atoms. The van der Waals surface area contributed by atoms with Gasteiger partial charge in [-0.3, -0.25) is 4.79 Å². The normalized spacial score (nSPS) is 10.8. The number of benzene rings is 1. The molecule has 0 aromatic heterocycles. The lowest BCUT2D eigenvalue weighted by atomic mass is 10.1. The van der Waals surface area contributed by atoms with Crippen LogP contribution in [0.25, 0.3) is 0 Å². The molecule has 0 atom stereocenters. The minimum absolute atomic E-state index is 0.0757. The minimum atomic E-state index is 0.0757. The number of allylic oxidation sites excluding steroid dienone is 4. The van der Waals surface area contributed by atoms with Crippen molar-refractivity contribution in [3.63, 3.8) is 0 Å². The van der Waals surface area contributed by atoms with Crippen molar-refractivity contribution >= 4 is 5.78 Å². The molecule has 0 N–H and O–H groups in total. The molecule has 1 aromatic carbocycles. The molecule has 0 unspecified atom stereocenters. The first-order valence-electron chi connectivity index (χ1n) is 10.1. The minimum Gasteiger partial charge on any atom is -0.494 e. The average Bonchev–Trinajstić information content (AvgIpc) is 2.61. The summed E-state index contributed by atoms with van der Waals surface area (Å²) in [5, 5.41) is 0. The van der Waals surface area contributed by atoms with Crippen molar-refractivity contribution in [2.45, 2.75) is 79.6 Å². The number of hydrogen-bond acceptors (Lipinski definition) is 2. The maximum Gasteiger partial charge on any atom is 0.152 e. The number of carbonyl (C=O) groups excluding carboxylic acids is 1. The van der Waals surface area contributed by atoms with E-state index in [9.17, 15) is 4.79 Å². The van der Waals surface area contributed by atoms with E-state index >= 15 is 0 Å². The van der Waals surface area contributed by atoms with E-state index in [-0.39, 0.29) is 5.78 Å². The highest BCUT2D eigenvalue weighted by atomic mass is 16.5. The molecule has 0 bridgehead atoms.